The summed E-state index contributed by atoms with van der Waals surface area (Å²) in [5, 5.41) is 10.8. The summed E-state index contributed by atoms with van der Waals surface area (Å²) in [6.45, 7) is 9.33. The van der Waals surface area contributed by atoms with Crippen molar-refractivity contribution < 1.29 is 0 Å². The van der Waals surface area contributed by atoms with Crippen molar-refractivity contribution in [2.24, 2.45) is 0 Å². The first kappa shape index (κ1) is 35.2. The molecule has 0 saturated heterocycles. The molecular weight excluding hydrogens is 769 g/mol. The molecule has 0 unspecified atom stereocenters. The number of fused-ring (bicyclic) bond motifs is 24. The minimum Gasteiger partial charge on any atom is -0.0619 e. The van der Waals surface area contributed by atoms with Crippen LogP contribution in [-0.4, -0.2) is 0 Å². The van der Waals surface area contributed by atoms with Gasteiger partial charge in [0.2, 0.25) is 0 Å². The molecule has 0 bridgehead atoms. The molecule has 64 heavy (non-hydrogen) atoms. The fourth-order valence-electron chi connectivity index (χ4n) is 13.8. The van der Waals surface area contributed by atoms with Crippen LogP contribution in [-0.2, 0) is 10.8 Å². The zero-order chi connectivity index (χ0) is 42.4. The number of rotatable bonds is 2. The zero-order valence-electron chi connectivity index (χ0n) is 36.5. The maximum atomic E-state index is 2.65. The van der Waals surface area contributed by atoms with Crippen molar-refractivity contribution in [2.45, 2.75) is 50.4 Å². The molecule has 0 fully saturated rings. The van der Waals surface area contributed by atoms with Gasteiger partial charge >= 0.3 is 0 Å². The van der Waals surface area contributed by atoms with Gasteiger partial charge in [0.15, 0.2) is 0 Å². The Bertz CT molecular complexity index is 3560. The normalized spacial score (nSPS) is 15.1. The van der Waals surface area contributed by atoms with E-state index in [1.165, 1.54) is 143 Å². The Balaban J connectivity index is 1.13. The Kier molecular flexibility index (Phi) is 6.51. The maximum Gasteiger partial charge on any atom is 0.0726 e. The molecule has 0 amide bonds. The fraction of sp³-hybridized carbons (Fsp3) is 0.125. The molecule has 0 radical (unpaired) electrons. The highest BCUT2D eigenvalue weighted by atomic mass is 14.6. The van der Waals surface area contributed by atoms with Gasteiger partial charge in [0.05, 0.1) is 10.8 Å². The third-order valence-corrected chi connectivity index (χ3v) is 16.4. The summed E-state index contributed by atoms with van der Waals surface area (Å²) in [7, 11) is 0. The first-order chi connectivity index (χ1) is 31.4. The smallest absolute Gasteiger partial charge is 0.0619 e. The fourth-order valence-corrected chi connectivity index (χ4v) is 13.8. The largest absolute Gasteiger partial charge is 0.0726 e. The van der Waals surface area contributed by atoms with E-state index in [0.717, 1.165) is 0 Å². The monoisotopic (exact) mass is 812 g/mol. The molecule has 0 aromatic heterocycles. The third kappa shape index (κ3) is 3.84. The lowest BCUT2D eigenvalue weighted by molar-refractivity contribution is 0.785. The minimum absolute atomic E-state index is 0.414. The molecule has 11 aromatic rings. The van der Waals surface area contributed by atoms with Crippen molar-refractivity contribution in [1.82, 2.24) is 0 Å². The highest BCUT2D eigenvalue weighted by Gasteiger charge is 2.54. The van der Waals surface area contributed by atoms with Gasteiger partial charge in [-0.15, -0.1) is 0 Å². The molecule has 0 nitrogen and oxygen atoms in total. The van der Waals surface area contributed by atoms with E-state index in [1.807, 2.05) is 0 Å². The second-order valence-electron chi connectivity index (χ2n) is 19.8. The Hall–Kier alpha value is -7.28. The number of hydrogen-bond acceptors (Lipinski definition) is 0. The average Bonchev–Trinajstić information content (AvgIpc) is 4.01. The van der Waals surface area contributed by atoms with Gasteiger partial charge in [-0.2, -0.15) is 0 Å². The maximum absolute atomic E-state index is 2.65. The molecule has 4 aliphatic carbocycles. The lowest BCUT2D eigenvalue weighted by Crippen LogP contribution is -2.26. The van der Waals surface area contributed by atoms with Crippen LogP contribution in [0.25, 0.3) is 87.6 Å². The van der Waals surface area contributed by atoms with Crippen LogP contribution in [0.2, 0.25) is 0 Å². The number of hydrogen-bond donors (Lipinski definition) is 0. The Labute approximate surface area is 373 Å². The van der Waals surface area contributed by atoms with Crippen LogP contribution in [0.3, 0.4) is 0 Å². The van der Waals surface area contributed by atoms with Gasteiger partial charge < -0.3 is 0 Å². The summed E-state index contributed by atoms with van der Waals surface area (Å²) in [5.41, 5.74) is 24.0. The molecular formula is C64H44. The van der Waals surface area contributed by atoms with Crippen LogP contribution in [0.4, 0.5) is 0 Å². The SMILES string of the molecule is CC(C)c1ccc2c(c1)C1(c3ccccc3-c3ccccc31)c1cc3c4cccc5c6c(cc(c7cccc(c1-2)c73)c54)C1(c2ccccc2-c2ccccc21)c1cc(C(C)C)ccc1-6. The summed E-state index contributed by atoms with van der Waals surface area (Å²) < 4.78 is 0. The summed E-state index contributed by atoms with van der Waals surface area (Å²) in [4.78, 5) is 0. The van der Waals surface area contributed by atoms with Crippen LogP contribution < -0.4 is 0 Å². The second-order valence-corrected chi connectivity index (χ2v) is 19.8. The summed E-state index contributed by atoms with van der Waals surface area (Å²) in [5.74, 6) is 0.828. The predicted octanol–water partition coefficient (Wildman–Crippen LogP) is 16.7. The van der Waals surface area contributed by atoms with Gasteiger partial charge in [0.1, 0.15) is 0 Å². The van der Waals surface area contributed by atoms with E-state index < -0.39 is 10.8 Å². The van der Waals surface area contributed by atoms with Crippen molar-refractivity contribution in [3.05, 3.63) is 238 Å². The van der Waals surface area contributed by atoms with E-state index in [2.05, 4.69) is 210 Å². The Morgan fingerprint density at radius 2 is 0.609 bits per heavy atom. The van der Waals surface area contributed by atoms with Gasteiger partial charge in [-0.05, 0) is 167 Å². The first-order valence-corrected chi connectivity index (χ1v) is 23.3. The van der Waals surface area contributed by atoms with Crippen molar-refractivity contribution in [2.75, 3.05) is 0 Å². The molecule has 300 valence electrons. The standard InChI is InChI=1S/C64H44/c1-35(2)37-27-29-45-55(31-37)63(51-23-9-5-15-39(51)40-16-6-10-24-52(40)63)57-33-49-43-20-14-22-48-60(43)50(44-19-13-21-47(59(44)49)61(45)57)34-58-62(48)46-30-28-38(36(3)4)32-56(46)64(58)53-25-11-7-17-41(53)42-18-8-12-26-54(42)64/h5-36H,1-4H3. The molecule has 4 aliphatic rings. The van der Waals surface area contributed by atoms with Gasteiger partial charge in [-0.25, -0.2) is 0 Å². The molecule has 0 heterocycles. The lowest BCUT2D eigenvalue weighted by Gasteiger charge is -2.32. The topological polar surface area (TPSA) is 0 Å². The highest BCUT2D eigenvalue weighted by molar-refractivity contribution is 6.36. The Morgan fingerprint density at radius 3 is 0.969 bits per heavy atom. The van der Waals surface area contributed by atoms with Crippen molar-refractivity contribution >= 4 is 43.1 Å². The van der Waals surface area contributed by atoms with E-state index in [9.17, 15) is 0 Å². The lowest BCUT2D eigenvalue weighted by atomic mass is 9.69. The van der Waals surface area contributed by atoms with E-state index >= 15 is 0 Å². The van der Waals surface area contributed by atoms with Gasteiger partial charge in [0.25, 0.3) is 0 Å². The second kappa shape index (κ2) is 11.8. The van der Waals surface area contributed by atoms with Crippen molar-refractivity contribution in [3.8, 4) is 44.5 Å². The molecule has 0 atom stereocenters. The first-order valence-electron chi connectivity index (χ1n) is 23.3. The molecule has 0 aliphatic heterocycles. The van der Waals surface area contributed by atoms with E-state index in [-0.39, 0.29) is 0 Å². The molecule has 15 rings (SSSR count). The minimum atomic E-state index is -0.432. The van der Waals surface area contributed by atoms with E-state index in [4.69, 9.17) is 0 Å². The van der Waals surface area contributed by atoms with Crippen molar-refractivity contribution in [3.63, 3.8) is 0 Å². The quantitative estimate of drug-likeness (QED) is 0.120. The van der Waals surface area contributed by atoms with Gasteiger partial charge in [-0.1, -0.05) is 198 Å². The predicted molar refractivity (Wildman–Crippen MR) is 268 cm³/mol. The molecule has 0 heteroatoms. The summed E-state index contributed by atoms with van der Waals surface area (Å²) >= 11 is 0. The number of benzene rings is 11. The van der Waals surface area contributed by atoms with Gasteiger partial charge in [-0.3, -0.25) is 0 Å². The van der Waals surface area contributed by atoms with E-state index in [0.29, 0.717) is 11.8 Å². The van der Waals surface area contributed by atoms with E-state index in [1.54, 1.807) is 0 Å². The third-order valence-electron chi connectivity index (χ3n) is 16.4. The van der Waals surface area contributed by atoms with Crippen LogP contribution >= 0.6 is 0 Å². The van der Waals surface area contributed by atoms with Gasteiger partial charge in [0, 0.05) is 0 Å². The molecule has 11 aromatic carbocycles. The van der Waals surface area contributed by atoms with Crippen LogP contribution in [0.1, 0.15) is 95.2 Å². The average molecular weight is 813 g/mol. The highest BCUT2D eigenvalue weighted by Crippen LogP contribution is 2.67. The molecule has 0 saturated carbocycles. The molecule has 2 spiro atoms. The molecule has 0 N–H and O–H groups in total. The van der Waals surface area contributed by atoms with Crippen LogP contribution in [0, 0.1) is 0 Å². The Morgan fingerprint density at radius 1 is 0.266 bits per heavy atom. The van der Waals surface area contributed by atoms with Crippen molar-refractivity contribution in [1.29, 1.82) is 0 Å². The summed E-state index contributed by atoms with van der Waals surface area (Å²) in [6.07, 6.45) is 0. The van der Waals surface area contributed by atoms with Crippen LogP contribution in [0.5, 0.6) is 0 Å². The van der Waals surface area contributed by atoms with Crippen LogP contribution in [0.15, 0.2) is 182 Å². The summed E-state index contributed by atoms with van der Waals surface area (Å²) in [6, 6.07) is 71.5. The zero-order valence-corrected chi connectivity index (χ0v) is 36.5.